The number of hydrogen-bond acceptors (Lipinski definition) is 3. The standard InChI is InChI=1S/C8H16N2O2/c9-7(8(10)11)5-12-4-3-6-1-2-6/h6-7H,1-5,9H2,(H2,10,11). The summed E-state index contributed by atoms with van der Waals surface area (Å²) in [5.74, 6) is 0.358. The quantitative estimate of drug-likeness (QED) is 0.536. The number of carbonyl (C=O) groups is 1. The fraction of sp³-hybridized carbons (Fsp3) is 0.875. The second-order valence-electron chi connectivity index (χ2n) is 3.32. The highest BCUT2D eigenvalue weighted by atomic mass is 16.5. The molecule has 1 saturated carbocycles. The monoisotopic (exact) mass is 172 g/mol. The van der Waals surface area contributed by atoms with Crippen LogP contribution >= 0.6 is 0 Å². The smallest absolute Gasteiger partial charge is 0.236 e. The van der Waals surface area contributed by atoms with Crippen molar-refractivity contribution < 1.29 is 9.53 Å². The Kier molecular flexibility index (Phi) is 3.49. The number of hydrogen-bond donors (Lipinski definition) is 2. The van der Waals surface area contributed by atoms with Gasteiger partial charge in [-0.2, -0.15) is 0 Å². The third-order valence-corrected chi connectivity index (χ3v) is 2.03. The molecule has 0 heterocycles. The van der Waals surface area contributed by atoms with E-state index in [2.05, 4.69) is 0 Å². The molecule has 0 aromatic rings. The molecule has 4 nitrogen and oxygen atoms in total. The second kappa shape index (κ2) is 4.42. The minimum Gasteiger partial charge on any atom is -0.379 e. The molecule has 1 fully saturated rings. The van der Waals surface area contributed by atoms with E-state index in [0.29, 0.717) is 6.61 Å². The number of rotatable bonds is 6. The fourth-order valence-electron chi connectivity index (χ4n) is 0.949. The Bertz CT molecular complexity index is 157. The first-order valence-electron chi connectivity index (χ1n) is 4.33. The highest BCUT2D eigenvalue weighted by molar-refractivity contribution is 5.79. The molecule has 1 aliphatic carbocycles. The van der Waals surface area contributed by atoms with Gasteiger partial charge >= 0.3 is 0 Å². The molecule has 12 heavy (non-hydrogen) atoms. The van der Waals surface area contributed by atoms with Gasteiger partial charge in [-0.05, 0) is 12.3 Å². The highest BCUT2D eigenvalue weighted by Crippen LogP contribution is 2.31. The topological polar surface area (TPSA) is 78.3 Å². The lowest BCUT2D eigenvalue weighted by molar-refractivity contribution is -0.120. The van der Waals surface area contributed by atoms with E-state index in [1.165, 1.54) is 12.8 Å². The van der Waals surface area contributed by atoms with Crippen LogP contribution in [0, 0.1) is 5.92 Å². The summed E-state index contributed by atoms with van der Waals surface area (Å²) in [6.07, 6.45) is 3.74. The molecule has 1 atom stereocenters. The molecule has 1 aliphatic rings. The van der Waals surface area contributed by atoms with Gasteiger partial charge in [0.25, 0.3) is 0 Å². The average molecular weight is 172 g/mol. The zero-order chi connectivity index (χ0) is 8.97. The van der Waals surface area contributed by atoms with Crippen molar-refractivity contribution in [2.75, 3.05) is 13.2 Å². The van der Waals surface area contributed by atoms with Crippen LogP contribution in [-0.2, 0) is 9.53 Å². The van der Waals surface area contributed by atoms with Gasteiger partial charge in [-0.15, -0.1) is 0 Å². The average Bonchev–Trinajstić information content (AvgIpc) is 2.80. The van der Waals surface area contributed by atoms with Crippen LogP contribution in [-0.4, -0.2) is 25.2 Å². The molecule has 4 heteroatoms. The van der Waals surface area contributed by atoms with Crippen molar-refractivity contribution in [2.45, 2.75) is 25.3 Å². The summed E-state index contributed by atoms with van der Waals surface area (Å²) in [6, 6.07) is -0.649. The lowest BCUT2D eigenvalue weighted by Gasteiger charge is -2.07. The van der Waals surface area contributed by atoms with Crippen LogP contribution in [0.2, 0.25) is 0 Å². The minimum atomic E-state index is -0.649. The lowest BCUT2D eigenvalue weighted by atomic mass is 10.3. The SMILES string of the molecule is NC(=O)C(N)COCCC1CC1. The van der Waals surface area contributed by atoms with Gasteiger partial charge in [0.1, 0.15) is 6.04 Å². The van der Waals surface area contributed by atoms with Crippen molar-refractivity contribution in [3.8, 4) is 0 Å². The highest BCUT2D eigenvalue weighted by Gasteiger charge is 2.20. The van der Waals surface area contributed by atoms with Gasteiger partial charge in [0.2, 0.25) is 5.91 Å². The molecule has 0 aromatic heterocycles. The van der Waals surface area contributed by atoms with Gasteiger partial charge in [0.15, 0.2) is 0 Å². The Morgan fingerprint density at radius 2 is 2.25 bits per heavy atom. The summed E-state index contributed by atoms with van der Waals surface area (Å²) >= 11 is 0. The first-order chi connectivity index (χ1) is 5.70. The normalized spacial score (nSPS) is 19.1. The minimum absolute atomic E-state index is 0.252. The van der Waals surface area contributed by atoms with Crippen LogP contribution in [0.25, 0.3) is 0 Å². The Labute approximate surface area is 72.2 Å². The Hall–Kier alpha value is -0.610. The first kappa shape index (κ1) is 9.48. The molecule has 1 rings (SSSR count). The number of carbonyl (C=O) groups excluding carboxylic acids is 1. The van der Waals surface area contributed by atoms with E-state index in [1.807, 2.05) is 0 Å². The largest absolute Gasteiger partial charge is 0.379 e. The van der Waals surface area contributed by atoms with Crippen molar-refractivity contribution in [2.24, 2.45) is 17.4 Å². The van der Waals surface area contributed by atoms with Crippen LogP contribution in [0.1, 0.15) is 19.3 Å². The fourth-order valence-corrected chi connectivity index (χ4v) is 0.949. The molecular formula is C8H16N2O2. The van der Waals surface area contributed by atoms with Gasteiger partial charge < -0.3 is 16.2 Å². The van der Waals surface area contributed by atoms with Gasteiger partial charge in [-0.3, -0.25) is 4.79 Å². The van der Waals surface area contributed by atoms with Crippen molar-refractivity contribution >= 4 is 5.91 Å². The van der Waals surface area contributed by atoms with Gasteiger partial charge in [0.05, 0.1) is 6.61 Å². The molecule has 0 aliphatic heterocycles. The summed E-state index contributed by atoms with van der Waals surface area (Å²) in [7, 11) is 0. The number of ether oxygens (including phenoxy) is 1. The van der Waals surface area contributed by atoms with Crippen LogP contribution in [0.5, 0.6) is 0 Å². The number of nitrogens with two attached hydrogens (primary N) is 2. The number of primary amides is 1. The predicted molar refractivity (Wildman–Crippen MR) is 45.3 cm³/mol. The van der Waals surface area contributed by atoms with Crippen LogP contribution in [0.4, 0.5) is 0 Å². The maximum absolute atomic E-state index is 10.5. The summed E-state index contributed by atoms with van der Waals surface area (Å²) in [4.78, 5) is 10.5. The van der Waals surface area contributed by atoms with E-state index < -0.39 is 11.9 Å². The molecule has 0 bridgehead atoms. The second-order valence-corrected chi connectivity index (χ2v) is 3.32. The van der Waals surface area contributed by atoms with Crippen LogP contribution in [0.3, 0.4) is 0 Å². The molecule has 0 spiro atoms. The zero-order valence-electron chi connectivity index (χ0n) is 7.16. The summed E-state index contributed by atoms with van der Waals surface area (Å²) in [6.45, 7) is 0.952. The summed E-state index contributed by atoms with van der Waals surface area (Å²) in [5.41, 5.74) is 10.3. The molecule has 0 radical (unpaired) electrons. The Balaban J connectivity index is 1.89. The maximum atomic E-state index is 10.5. The van der Waals surface area contributed by atoms with E-state index in [0.717, 1.165) is 12.3 Å². The van der Waals surface area contributed by atoms with Crippen molar-refractivity contribution in [3.05, 3.63) is 0 Å². The van der Waals surface area contributed by atoms with Crippen molar-refractivity contribution in [1.29, 1.82) is 0 Å². The molecular weight excluding hydrogens is 156 g/mol. The molecule has 4 N–H and O–H groups in total. The zero-order valence-corrected chi connectivity index (χ0v) is 7.16. The lowest BCUT2D eigenvalue weighted by Crippen LogP contribution is -2.40. The number of amides is 1. The van der Waals surface area contributed by atoms with Gasteiger partial charge in [-0.1, -0.05) is 12.8 Å². The van der Waals surface area contributed by atoms with E-state index in [1.54, 1.807) is 0 Å². The van der Waals surface area contributed by atoms with Crippen molar-refractivity contribution in [1.82, 2.24) is 0 Å². The van der Waals surface area contributed by atoms with E-state index in [9.17, 15) is 4.79 Å². The predicted octanol–water partition coefficient (Wildman–Crippen LogP) is -0.384. The van der Waals surface area contributed by atoms with Crippen LogP contribution < -0.4 is 11.5 Å². The molecule has 0 saturated heterocycles. The third-order valence-electron chi connectivity index (χ3n) is 2.03. The Morgan fingerprint density at radius 1 is 1.58 bits per heavy atom. The molecule has 1 unspecified atom stereocenters. The van der Waals surface area contributed by atoms with Crippen molar-refractivity contribution in [3.63, 3.8) is 0 Å². The van der Waals surface area contributed by atoms with E-state index in [4.69, 9.17) is 16.2 Å². The molecule has 70 valence electrons. The maximum Gasteiger partial charge on any atom is 0.236 e. The first-order valence-corrected chi connectivity index (χ1v) is 4.33. The summed E-state index contributed by atoms with van der Waals surface area (Å²) < 4.78 is 5.18. The Morgan fingerprint density at radius 3 is 2.75 bits per heavy atom. The molecule has 0 aromatic carbocycles. The van der Waals surface area contributed by atoms with Gasteiger partial charge in [0, 0.05) is 6.61 Å². The van der Waals surface area contributed by atoms with E-state index >= 15 is 0 Å². The summed E-state index contributed by atoms with van der Waals surface area (Å²) in [5, 5.41) is 0. The van der Waals surface area contributed by atoms with Crippen LogP contribution in [0.15, 0.2) is 0 Å². The van der Waals surface area contributed by atoms with E-state index in [-0.39, 0.29) is 6.61 Å². The molecule has 1 amide bonds. The third kappa shape index (κ3) is 3.69. The van der Waals surface area contributed by atoms with Gasteiger partial charge in [-0.25, -0.2) is 0 Å².